The minimum absolute atomic E-state index is 0.0118. The topological polar surface area (TPSA) is 20.2 Å². The number of rotatable bonds is 2. The lowest BCUT2D eigenvalue weighted by atomic mass is 9.88. The highest BCUT2D eigenvalue weighted by atomic mass is 19.1. The maximum absolute atomic E-state index is 13.8. The van der Waals surface area contributed by atoms with Crippen LogP contribution in [0.4, 0.5) is 4.39 Å². The van der Waals surface area contributed by atoms with E-state index in [1.165, 1.54) is 0 Å². The van der Waals surface area contributed by atoms with Gasteiger partial charge in [0.15, 0.2) is 0 Å². The van der Waals surface area contributed by atoms with Crippen LogP contribution in [0.15, 0.2) is 18.2 Å². The Labute approximate surface area is 89.9 Å². The van der Waals surface area contributed by atoms with E-state index in [1.807, 2.05) is 19.1 Å². The molecule has 0 aromatic heterocycles. The number of aryl methyl sites for hydroxylation is 1. The molecule has 1 aromatic rings. The zero-order valence-electron chi connectivity index (χ0n) is 9.47. The first-order chi connectivity index (χ1) is 6.93. The summed E-state index contributed by atoms with van der Waals surface area (Å²) in [5.74, 6) is -0.186. The lowest BCUT2D eigenvalue weighted by molar-refractivity contribution is 0.228. The van der Waals surface area contributed by atoms with Gasteiger partial charge in [-0.25, -0.2) is 4.39 Å². The molecule has 0 aliphatic heterocycles. The smallest absolute Gasteiger partial charge is 0.127 e. The summed E-state index contributed by atoms with van der Waals surface area (Å²) in [6.45, 7) is 6.04. The quantitative estimate of drug-likeness (QED) is 0.792. The van der Waals surface area contributed by atoms with Crippen LogP contribution in [0.25, 0.3) is 0 Å². The average Bonchev–Trinajstić information content (AvgIpc) is 2.69. The summed E-state index contributed by atoms with van der Waals surface area (Å²) in [5.41, 5.74) is 1.24. The first-order valence-electron chi connectivity index (χ1n) is 5.30. The number of hydrogen-bond acceptors (Lipinski definition) is 1. The molecule has 2 heteroatoms. The van der Waals surface area contributed by atoms with Gasteiger partial charge in [-0.05, 0) is 36.0 Å². The molecule has 1 aromatic carbocycles. The van der Waals surface area contributed by atoms with Crippen molar-refractivity contribution < 1.29 is 9.50 Å². The molecule has 1 aliphatic rings. The predicted molar refractivity (Wildman–Crippen MR) is 58.3 cm³/mol. The molecule has 1 nitrogen and oxygen atoms in total. The van der Waals surface area contributed by atoms with Crippen LogP contribution in [0.2, 0.25) is 0 Å². The fraction of sp³-hybridized carbons (Fsp3) is 0.538. The van der Waals surface area contributed by atoms with Crippen molar-refractivity contribution in [3.05, 3.63) is 35.1 Å². The third kappa shape index (κ3) is 1.39. The van der Waals surface area contributed by atoms with Crippen molar-refractivity contribution in [1.29, 1.82) is 0 Å². The van der Waals surface area contributed by atoms with E-state index in [2.05, 4.69) is 13.8 Å². The summed E-state index contributed by atoms with van der Waals surface area (Å²) in [6.07, 6.45) is 0.858. The molecule has 1 saturated carbocycles. The molecule has 1 aliphatic carbocycles. The highest BCUT2D eigenvalue weighted by Gasteiger charge is 2.62. The fourth-order valence-corrected chi connectivity index (χ4v) is 2.53. The minimum atomic E-state index is -0.356. The molecule has 2 rings (SSSR count). The molecule has 1 unspecified atom stereocenters. The number of aliphatic hydroxyl groups is 1. The molecule has 1 atom stereocenters. The third-order valence-electron chi connectivity index (χ3n) is 3.82. The van der Waals surface area contributed by atoms with Crippen LogP contribution in [0, 0.1) is 18.2 Å². The second kappa shape index (κ2) is 3.05. The van der Waals surface area contributed by atoms with Gasteiger partial charge in [0.05, 0.1) is 6.61 Å². The highest BCUT2D eigenvalue weighted by Crippen LogP contribution is 2.64. The van der Waals surface area contributed by atoms with E-state index in [4.69, 9.17) is 0 Å². The molecule has 0 bridgehead atoms. The van der Waals surface area contributed by atoms with Crippen molar-refractivity contribution in [1.82, 2.24) is 0 Å². The van der Waals surface area contributed by atoms with E-state index in [9.17, 15) is 9.50 Å². The van der Waals surface area contributed by atoms with Gasteiger partial charge in [0.1, 0.15) is 5.82 Å². The SMILES string of the molecule is Cc1ccc(C2(CO)CC2(C)C)c(F)c1. The molecular weight excluding hydrogens is 191 g/mol. The zero-order valence-corrected chi connectivity index (χ0v) is 9.47. The monoisotopic (exact) mass is 208 g/mol. The van der Waals surface area contributed by atoms with E-state index in [0.717, 1.165) is 12.0 Å². The van der Waals surface area contributed by atoms with Crippen LogP contribution in [-0.4, -0.2) is 11.7 Å². The Balaban J connectivity index is 2.46. The first-order valence-corrected chi connectivity index (χ1v) is 5.30. The maximum Gasteiger partial charge on any atom is 0.127 e. The van der Waals surface area contributed by atoms with Gasteiger partial charge < -0.3 is 5.11 Å². The zero-order chi connectivity index (χ0) is 11.3. The van der Waals surface area contributed by atoms with Crippen LogP contribution < -0.4 is 0 Å². The minimum Gasteiger partial charge on any atom is -0.395 e. The summed E-state index contributed by atoms with van der Waals surface area (Å²) in [7, 11) is 0. The lowest BCUT2D eigenvalue weighted by Crippen LogP contribution is -2.20. The standard InChI is InChI=1S/C13H17FO/c1-9-4-5-10(11(14)6-9)13(8-15)7-12(13,2)3/h4-6,15H,7-8H2,1-3H3. The Morgan fingerprint density at radius 1 is 1.40 bits per heavy atom. The predicted octanol–water partition coefficient (Wildman–Crippen LogP) is 2.79. The van der Waals surface area contributed by atoms with Crippen molar-refractivity contribution >= 4 is 0 Å². The number of benzene rings is 1. The maximum atomic E-state index is 13.8. The number of hydrogen-bond donors (Lipinski definition) is 1. The third-order valence-corrected chi connectivity index (χ3v) is 3.82. The Morgan fingerprint density at radius 3 is 2.40 bits per heavy atom. The number of aliphatic hydroxyl groups excluding tert-OH is 1. The van der Waals surface area contributed by atoms with Crippen LogP contribution in [0.5, 0.6) is 0 Å². The van der Waals surface area contributed by atoms with E-state index < -0.39 is 0 Å². The Kier molecular flexibility index (Phi) is 2.16. The molecule has 15 heavy (non-hydrogen) atoms. The van der Waals surface area contributed by atoms with Crippen molar-refractivity contribution in [2.75, 3.05) is 6.61 Å². The number of halogens is 1. The highest BCUT2D eigenvalue weighted by molar-refractivity contribution is 5.39. The van der Waals surface area contributed by atoms with Gasteiger partial charge in [-0.1, -0.05) is 26.0 Å². The van der Waals surface area contributed by atoms with Gasteiger partial charge in [0.25, 0.3) is 0 Å². The summed E-state index contributed by atoms with van der Waals surface area (Å²) in [4.78, 5) is 0. The van der Waals surface area contributed by atoms with Crippen molar-refractivity contribution in [3.63, 3.8) is 0 Å². The molecule has 0 radical (unpaired) electrons. The Bertz CT molecular complexity index is 398. The molecule has 0 amide bonds. The largest absolute Gasteiger partial charge is 0.395 e. The van der Waals surface area contributed by atoms with Gasteiger partial charge in [-0.2, -0.15) is 0 Å². The van der Waals surface area contributed by atoms with Crippen LogP contribution in [-0.2, 0) is 5.41 Å². The van der Waals surface area contributed by atoms with E-state index >= 15 is 0 Å². The summed E-state index contributed by atoms with van der Waals surface area (Å²) >= 11 is 0. The fourth-order valence-electron chi connectivity index (χ4n) is 2.53. The van der Waals surface area contributed by atoms with Crippen LogP contribution in [0.3, 0.4) is 0 Å². The van der Waals surface area contributed by atoms with Crippen molar-refractivity contribution in [2.24, 2.45) is 5.41 Å². The van der Waals surface area contributed by atoms with Crippen molar-refractivity contribution in [2.45, 2.75) is 32.6 Å². The van der Waals surface area contributed by atoms with Crippen LogP contribution in [0.1, 0.15) is 31.4 Å². The normalized spacial score (nSPS) is 27.8. The lowest BCUT2D eigenvalue weighted by Gasteiger charge is -2.19. The summed E-state index contributed by atoms with van der Waals surface area (Å²) in [6, 6.07) is 5.26. The average molecular weight is 208 g/mol. The molecule has 82 valence electrons. The van der Waals surface area contributed by atoms with Gasteiger partial charge in [0.2, 0.25) is 0 Å². The van der Waals surface area contributed by atoms with E-state index in [0.29, 0.717) is 5.56 Å². The summed E-state index contributed by atoms with van der Waals surface area (Å²) in [5, 5.41) is 9.47. The molecule has 0 saturated heterocycles. The second-order valence-corrected chi connectivity index (χ2v) is 5.28. The second-order valence-electron chi connectivity index (χ2n) is 5.28. The Morgan fingerprint density at radius 2 is 2.00 bits per heavy atom. The van der Waals surface area contributed by atoms with Gasteiger partial charge >= 0.3 is 0 Å². The Hall–Kier alpha value is -0.890. The van der Waals surface area contributed by atoms with Gasteiger partial charge in [-0.3, -0.25) is 0 Å². The van der Waals surface area contributed by atoms with Gasteiger partial charge in [-0.15, -0.1) is 0 Å². The van der Waals surface area contributed by atoms with Crippen molar-refractivity contribution in [3.8, 4) is 0 Å². The first kappa shape index (κ1) is 10.6. The van der Waals surface area contributed by atoms with E-state index in [-0.39, 0.29) is 23.3 Å². The van der Waals surface area contributed by atoms with Crippen LogP contribution >= 0.6 is 0 Å². The molecule has 1 N–H and O–H groups in total. The summed E-state index contributed by atoms with van der Waals surface area (Å²) < 4.78 is 13.8. The van der Waals surface area contributed by atoms with Gasteiger partial charge in [0, 0.05) is 5.41 Å². The molecule has 0 heterocycles. The van der Waals surface area contributed by atoms with E-state index in [1.54, 1.807) is 6.07 Å². The molecule has 0 spiro atoms. The molecule has 1 fully saturated rings. The molecular formula is C13H17FO.